The Hall–Kier alpha value is 0.311. The van der Waals surface area contributed by atoms with Crippen molar-refractivity contribution in [2.75, 3.05) is 0 Å². The van der Waals surface area contributed by atoms with Gasteiger partial charge in [0.15, 0.2) is 0 Å². The van der Waals surface area contributed by atoms with Gasteiger partial charge in [0, 0.05) is 41.6 Å². The first-order valence-electron chi connectivity index (χ1n) is 19.5. The third kappa shape index (κ3) is 7.32. The van der Waals surface area contributed by atoms with Crippen molar-refractivity contribution < 1.29 is 96.8 Å². The van der Waals surface area contributed by atoms with Crippen LogP contribution in [0.1, 0.15) is 83.5 Å². The van der Waals surface area contributed by atoms with Crippen molar-refractivity contribution >= 4 is 17.9 Å². The van der Waals surface area contributed by atoms with Crippen LogP contribution in [0.2, 0.25) is 0 Å². The molecule has 19 unspecified atom stereocenters. The Morgan fingerprint density at radius 3 is 0.904 bits per heavy atom. The standard InChI is InChI=1S/C35H56N8O6.3Au/c44-33(45)21-13-20-22(24(35(48)49)23(21)34(46)47)32-42-30-19-12-6-5-11-18(19)28(40-30)38-26-15-8-2-1-7-14(15)25(36-26)37-27-16-9-3-4-10-17(16)29(39-27)41-31(20)43-32;;;/h14-32,36-43H,1-13H2,(H,44,45)(H,46,47)(H,48,49);;;/q;3*+1/p-3. The Morgan fingerprint density at radius 1 is 0.365 bits per heavy atom. The summed E-state index contributed by atoms with van der Waals surface area (Å²) in [4.78, 5) is 37.8. The van der Waals surface area contributed by atoms with E-state index in [-0.39, 0.29) is 111 Å². The van der Waals surface area contributed by atoms with E-state index in [0.29, 0.717) is 35.5 Å². The van der Waals surface area contributed by atoms with Crippen LogP contribution >= 0.6 is 0 Å². The topological polar surface area (TPSA) is 217 Å². The van der Waals surface area contributed by atoms with Crippen LogP contribution in [0.25, 0.3) is 0 Å². The molecule has 5 aliphatic heterocycles. The first-order chi connectivity index (χ1) is 23.8. The molecule has 19 atom stereocenters. The zero-order valence-electron chi connectivity index (χ0n) is 29.0. The molecule has 0 aromatic rings. The maximum atomic E-state index is 12.9. The molecule has 4 aliphatic carbocycles. The number of carboxylic acid groups (broad SMARTS) is 3. The van der Waals surface area contributed by atoms with Crippen molar-refractivity contribution in [2.45, 2.75) is 133 Å². The van der Waals surface area contributed by atoms with E-state index < -0.39 is 59.8 Å². The molecule has 9 aliphatic rings. The van der Waals surface area contributed by atoms with Crippen molar-refractivity contribution in [3.8, 4) is 0 Å². The van der Waals surface area contributed by atoms with Gasteiger partial charge < -0.3 is 29.7 Å². The molecular weight excluding hydrogens is 1220 g/mol. The molecule has 0 aromatic heterocycles. The monoisotopic (exact) mass is 1270 g/mol. The van der Waals surface area contributed by atoms with Crippen molar-refractivity contribution in [3.63, 3.8) is 0 Å². The summed E-state index contributed by atoms with van der Waals surface area (Å²) in [6.45, 7) is 0. The minimum atomic E-state index is -1.74. The molecular formula is C35H53Au3N8O6. The van der Waals surface area contributed by atoms with Gasteiger partial charge in [-0.25, -0.2) is 0 Å². The maximum Gasteiger partial charge on any atom is 1.00 e. The van der Waals surface area contributed by atoms with Crippen molar-refractivity contribution in [1.82, 2.24) is 42.5 Å². The van der Waals surface area contributed by atoms with Crippen LogP contribution in [-0.2, 0) is 81.5 Å². The predicted molar refractivity (Wildman–Crippen MR) is 169 cm³/mol. The van der Waals surface area contributed by atoms with Gasteiger partial charge in [0.2, 0.25) is 0 Å². The Kier molecular flexibility index (Phi) is 13.7. The van der Waals surface area contributed by atoms with Crippen molar-refractivity contribution in [1.29, 1.82) is 0 Å². The first-order valence-corrected chi connectivity index (χ1v) is 19.5. The molecule has 0 amide bonds. The first kappa shape index (κ1) is 41.9. The summed E-state index contributed by atoms with van der Waals surface area (Å²) < 4.78 is 0. The Bertz CT molecular complexity index is 1320. The molecule has 0 aromatic carbocycles. The van der Waals surface area contributed by atoms with E-state index >= 15 is 0 Å². The second kappa shape index (κ2) is 17.0. The zero-order chi connectivity index (χ0) is 33.6. The van der Waals surface area contributed by atoms with Crippen molar-refractivity contribution in [3.05, 3.63) is 0 Å². The number of carbonyl (C=O) groups excluding carboxylic acids is 3. The molecule has 5 heterocycles. The van der Waals surface area contributed by atoms with E-state index in [1.807, 2.05) is 0 Å². The summed E-state index contributed by atoms with van der Waals surface area (Å²) in [6, 6.07) is 0. The molecule has 8 bridgehead atoms. The molecule has 8 N–H and O–H groups in total. The van der Waals surface area contributed by atoms with Crippen LogP contribution < -0.4 is 57.9 Å². The van der Waals surface area contributed by atoms with E-state index in [9.17, 15) is 29.7 Å². The third-order valence-electron chi connectivity index (χ3n) is 15.0. The largest absolute Gasteiger partial charge is 1.00 e. The number of aliphatic carboxylic acids is 3. The minimum absolute atomic E-state index is 0. The molecule has 9 fully saturated rings. The maximum absolute atomic E-state index is 12.9. The summed E-state index contributed by atoms with van der Waals surface area (Å²) >= 11 is 0. The van der Waals surface area contributed by atoms with Gasteiger partial charge in [0.05, 0.1) is 49.3 Å². The van der Waals surface area contributed by atoms with Gasteiger partial charge in [0.1, 0.15) is 0 Å². The van der Waals surface area contributed by atoms with Gasteiger partial charge in [-0.05, 0) is 86.4 Å². The number of rotatable bonds is 3. The van der Waals surface area contributed by atoms with E-state index in [1.54, 1.807) is 0 Å². The number of hydrogen-bond donors (Lipinski definition) is 8. The molecule has 52 heavy (non-hydrogen) atoms. The smallest absolute Gasteiger partial charge is 0.550 e. The molecule has 0 radical (unpaired) electrons. The quantitative estimate of drug-likeness (QED) is 0.129. The fourth-order valence-corrected chi connectivity index (χ4v) is 13.0. The Morgan fingerprint density at radius 2 is 0.635 bits per heavy atom. The van der Waals surface area contributed by atoms with Crippen LogP contribution in [-0.4, -0.2) is 67.2 Å². The Balaban J connectivity index is 0.00000155. The third-order valence-corrected chi connectivity index (χ3v) is 15.0. The number of hydrogen-bond acceptors (Lipinski definition) is 14. The molecule has 17 heteroatoms. The number of fused-ring (bicyclic) bond motifs is 20. The van der Waals surface area contributed by atoms with E-state index in [1.165, 1.54) is 38.5 Å². The predicted octanol–water partition coefficient (Wildman–Crippen LogP) is -3.47. The fraction of sp³-hybridized carbons (Fsp3) is 0.914. The van der Waals surface area contributed by atoms with Crippen LogP contribution in [0.5, 0.6) is 0 Å². The van der Waals surface area contributed by atoms with Gasteiger partial charge in [-0.3, -0.25) is 42.5 Å². The van der Waals surface area contributed by atoms with Crippen molar-refractivity contribution in [2.24, 2.45) is 65.1 Å². The second-order valence-corrected chi connectivity index (χ2v) is 17.1. The average molecular weight is 1270 g/mol. The molecule has 14 nitrogen and oxygen atoms in total. The summed E-state index contributed by atoms with van der Waals surface area (Å²) in [5, 5.41) is 69.1. The number of nitrogens with one attached hydrogen (secondary N) is 8. The van der Waals surface area contributed by atoms with Crippen LogP contribution in [0.4, 0.5) is 0 Å². The minimum Gasteiger partial charge on any atom is -0.550 e. The average Bonchev–Trinajstić information content (AvgIpc) is 3.83. The summed E-state index contributed by atoms with van der Waals surface area (Å²) in [7, 11) is 0. The Labute approximate surface area is 352 Å². The van der Waals surface area contributed by atoms with Gasteiger partial charge in [-0.2, -0.15) is 0 Å². The zero-order valence-corrected chi connectivity index (χ0v) is 35.5. The van der Waals surface area contributed by atoms with Gasteiger partial charge in [0.25, 0.3) is 0 Å². The molecule has 302 valence electrons. The molecule has 5 saturated heterocycles. The summed E-state index contributed by atoms with van der Waals surface area (Å²) in [5.41, 5.74) is 0. The molecule has 4 saturated carbocycles. The molecule has 9 rings (SSSR count). The number of carbonyl (C=O) groups is 3. The van der Waals surface area contributed by atoms with E-state index in [4.69, 9.17) is 0 Å². The van der Waals surface area contributed by atoms with Crippen LogP contribution in [0, 0.1) is 65.1 Å². The summed E-state index contributed by atoms with van der Waals surface area (Å²) in [6.07, 6.45) is 13.1. The second-order valence-electron chi connectivity index (χ2n) is 17.1. The molecule has 0 spiro atoms. The SMILES string of the molecule is O=C([O-])C1CC2C3NC4NC(NC5NC(NC6NC(NC(N3)C2C(C(=O)[O-])C1C(=O)[O-])C1CCCCC61)C1CCCCC51)C1CCCCC41.[Au+].[Au+].[Au+]. The van der Waals surface area contributed by atoms with Gasteiger partial charge in [-0.15, -0.1) is 0 Å². The number of carboxylic acids is 3. The van der Waals surface area contributed by atoms with Crippen LogP contribution in [0.15, 0.2) is 0 Å². The summed E-state index contributed by atoms with van der Waals surface area (Å²) in [5.74, 6) is -8.22. The van der Waals surface area contributed by atoms with Gasteiger partial charge >= 0.3 is 67.1 Å². The fourth-order valence-electron chi connectivity index (χ4n) is 13.0. The van der Waals surface area contributed by atoms with E-state index in [0.717, 1.165) is 38.5 Å². The van der Waals surface area contributed by atoms with Gasteiger partial charge in [-0.1, -0.05) is 38.5 Å². The van der Waals surface area contributed by atoms with E-state index in [2.05, 4.69) is 42.5 Å². The normalized spacial score (nSPS) is 50.4. The van der Waals surface area contributed by atoms with Crippen LogP contribution in [0.3, 0.4) is 0 Å².